The average Bonchev–Trinajstić information content (AvgIpc) is 3.61. The number of carbonyl (C=O) groups excluding carboxylic acids is 1. The molecule has 1 aliphatic carbocycles. The largest absolute Gasteiger partial charge is 0.477 e. The molecule has 1 unspecified atom stereocenters. The molecule has 0 radical (unpaired) electrons. The van der Waals surface area contributed by atoms with E-state index in [4.69, 9.17) is 0 Å². The summed E-state index contributed by atoms with van der Waals surface area (Å²) in [5, 5.41) is 9.95. The molecule has 0 bridgehead atoms. The first kappa shape index (κ1) is 29.8. The van der Waals surface area contributed by atoms with Gasteiger partial charge in [0.05, 0.1) is 22.0 Å². The minimum atomic E-state index is -0.928. The first-order chi connectivity index (χ1) is 21.8. The number of benzene rings is 2. The molecule has 2 aromatic carbocycles. The molecule has 6 nitrogen and oxygen atoms in total. The molecular formula is C37H40FN3O3S. The summed E-state index contributed by atoms with van der Waals surface area (Å²) in [5.41, 5.74) is 7.84. The number of rotatable bonds is 6. The van der Waals surface area contributed by atoms with E-state index < -0.39 is 5.97 Å². The first-order valence-corrected chi connectivity index (χ1v) is 17.1. The van der Waals surface area contributed by atoms with Crippen LogP contribution in [0.15, 0.2) is 48.5 Å². The fourth-order valence-corrected chi connectivity index (χ4v) is 8.83. The third-order valence-electron chi connectivity index (χ3n) is 10.0. The van der Waals surface area contributed by atoms with Crippen LogP contribution in [-0.2, 0) is 11.3 Å². The van der Waals surface area contributed by atoms with Gasteiger partial charge in [-0.1, -0.05) is 55.2 Å². The molecule has 0 spiro atoms. The van der Waals surface area contributed by atoms with E-state index in [1.807, 2.05) is 24.9 Å². The predicted molar refractivity (Wildman–Crippen MR) is 180 cm³/mol. The maximum Gasteiger partial charge on any atom is 0.345 e. The summed E-state index contributed by atoms with van der Waals surface area (Å²) in [6.45, 7) is 3.72. The molecule has 1 saturated carbocycles. The van der Waals surface area contributed by atoms with Crippen LogP contribution < -0.4 is 4.90 Å². The van der Waals surface area contributed by atoms with Gasteiger partial charge in [-0.25, -0.2) is 9.18 Å². The predicted octanol–water partition coefficient (Wildman–Crippen LogP) is 8.78. The van der Waals surface area contributed by atoms with Crippen molar-refractivity contribution >= 4 is 45.2 Å². The second-order valence-corrected chi connectivity index (χ2v) is 14.0. The Kier molecular flexibility index (Phi) is 8.02. The maximum absolute atomic E-state index is 14.9. The first-order valence-electron chi connectivity index (χ1n) is 16.3. The van der Waals surface area contributed by atoms with Gasteiger partial charge in [-0.15, -0.1) is 11.3 Å². The molecule has 1 saturated heterocycles. The fraction of sp³-hybridized carbons (Fsp3) is 0.405. The lowest BCUT2D eigenvalue weighted by Crippen LogP contribution is -2.37. The molecule has 1 atom stereocenters. The van der Waals surface area contributed by atoms with E-state index >= 15 is 0 Å². The number of carboxylic acid groups (broad SMARTS) is 1. The minimum Gasteiger partial charge on any atom is -0.477 e. The number of hydrogen-bond acceptors (Lipinski definition) is 4. The monoisotopic (exact) mass is 625 g/mol. The topological polar surface area (TPSA) is 65.8 Å². The molecule has 4 aromatic rings. The van der Waals surface area contributed by atoms with Crippen molar-refractivity contribution in [1.82, 2.24) is 9.47 Å². The van der Waals surface area contributed by atoms with Gasteiger partial charge in [-0.3, -0.25) is 4.79 Å². The van der Waals surface area contributed by atoms with Crippen LogP contribution in [0.5, 0.6) is 0 Å². The highest BCUT2D eigenvalue weighted by Crippen LogP contribution is 2.48. The lowest BCUT2D eigenvalue weighted by atomic mass is 9.83. The molecule has 2 aromatic heterocycles. The van der Waals surface area contributed by atoms with E-state index in [1.54, 1.807) is 18.2 Å². The second kappa shape index (κ2) is 12.1. The summed E-state index contributed by atoms with van der Waals surface area (Å²) < 4.78 is 18.0. The Balaban J connectivity index is 1.36. The van der Waals surface area contributed by atoms with Crippen LogP contribution in [0, 0.1) is 12.7 Å². The van der Waals surface area contributed by atoms with Crippen LogP contribution in [-0.4, -0.2) is 46.6 Å². The zero-order valence-corrected chi connectivity index (χ0v) is 26.8. The highest BCUT2D eigenvalue weighted by Gasteiger charge is 2.31. The Bertz CT molecular complexity index is 1810. The van der Waals surface area contributed by atoms with Crippen LogP contribution >= 0.6 is 11.3 Å². The molecule has 7 rings (SSSR count). The summed E-state index contributed by atoms with van der Waals surface area (Å²) in [6.07, 6.45) is 13.0. The van der Waals surface area contributed by atoms with Gasteiger partial charge in [0.2, 0.25) is 5.91 Å². The zero-order chi connectivity index (χ0) is 31.2. The molecule has 4 heterocycles. The van der Waals surface area contributed by atoms with Gasteiger partial charge in [0.1, 0.15) is 17.2 Å². The number of anilines is 1. The zero-order valence-electron chi connectivity index (χ0n) is 26.0. The maximum atomic E-state index is 14.9. The molecule has 8 heteroatoms. The van der Waals surface area contributed by atoms with E-state index in [1.165, 1.54) is 23.3 Å². The third-order valence-corrected chi connectivity index (χ3v) is 11.2. The number of nitrogens with zero attached hydrogens (tertiary/aromatic N) is 3. The van der Waals surface area contributed by atoms with Crippen molar-refractivity contribution in [2.24, 2.45) is 0 Å². The SMILES string of the molecule is Cc1ccc(F)c(C2C=Cc3cc(-c4c(C5CCCCC5)c5sc(C(=O)O)cc5n4CC(=O)N4CCCCC4)ccc3N2C)c1. The van der Waals surface area contributed by atoms with E-state index in [-0.39, 0.29) is 24.3 Å². The standard InChI is InChI=1S/C37H40FN3O3S/c1-23-11-14-28(38)27(19-23)30-16-12-25-20-26(13-15-29(25)39(30)2)35-34(24-9-5-3-6-10-24)36-31(21-32(45-36)37(43)44)41(35)22-33(42)40-17-7-4-8-18-40/h11-16,19-21,24,30H,3-10,17-18,22H2,1-2H3,(H,43,44). The number of amides is 1. The molecule has 1 N–H and O–H groups in total. The lowest BCUT2D eigenvalue weighted by Gasteiger charge is -2.33. The van der Waals surface area contributed by atoms with Crippen molar-refractivity contribution in [3.8, 4) is 11.3 Å². The molecular weight excluding hydrogens is 585 g/mol. The number of hydrogen-bond donors (Lipinski definition) is 1. The van der Waals surface area contributed by atoms with Gasteiger partial charge in [0.15, 0.2) is 0 Å². The molecule has 2 aliphatic heterocycles. The Labute approximate surface area is 267 Å². The Morgan fingerprint density at radius 1 is 0.978 bits per heavy atom. The number of piperidine rings is 1. The van der Waals surface area contributed by atoms with Crippen molar-refractivity contribution in [3.05, 3.63) is 81.5 Å². The number of thiophene rings is 1. The third kappa shape index (κ3) is 5.47. The quantitative estimate of drug-likeness (QED) is 0.233. The average molecular weight is 626 g/mol. The van der Waals surface area contributed by atoms with Gasteiger partial charge in [-0.05, 0) is 85.9 Å². The van der Waals surface area contributed by atoms with E-state index in [9.17, 15) is 19.1 Å². The Morgan fingerprint density at radius 2 is 1.73 bits per heavy atom. The normalized spacial score (nSPS) is 18.9. The molecule has 234 valence electrons. The lowest BCUT2D eigenvalue weighted by molar-refractivity contribution is -0.132. The summed E-state index contributed by atoms with van der Waals surface area (Å²) in [7, 11) is 2.01. The molecule has 45 heavy (non-hydrogen) atoms. The summed E-state index contributed by atoms with van der Waals surface area (Å²) in [6, 6.07) is 13.2. The molecule has 1 amide bonds. The summed E-state index contributed by atoms with van der Waals surface area (Å²) >= 11 is 1.34. The number of aromatic nitrogens is 1. The highest BCUT2D eigenvalue weighted by molar-refractivity contribution is 7.21. The van der Waals surface area contributed by atoms with Crippen LogP contribution in [0.3, 0.4) is 0 Å². The van der Waals surface area contributed by atoms with Crippen LogP contribution in [0.4, 0.5) is 10.1 Å². The van der Waals surface area contributed by atoms with Crippen molar-refractivity contribution in [1.29, 1.82) is 0 Å². The summed E-state index contributed by atoms with van der Waals surface area (Å²) in [5.74, 6) is -0.739. The van der Waals surface area contributed by atoms with Crippen molar-refractivity contribution in [2.45, 2.75) is 76.8 Å². The number of halogens is 1. The number of aryl methyl sites for hydroxylation is 1. The fourth-order valence-electron chi connectivity index (χ4n) is 7.71. The minimum absolute atomic E-state index is 0.0896. The van der Waals surface area contributed by atoms with Crippen molar-refractivity contribution in [2.75, 3.05) is 25.0 Å². The van der Waals surface area contributed by atoms with Crippen LogP contribution in [0.1, 0.15) is 95.3 Å². The molecule has 3 aliphatic rings. The number of carboxylic acids is 1. The van der Waals surface area contributed by atoms with Crippen molar-refractivity contribution < 1.29 is 19.1 Å². The van der Waals surface area contributed by atoms with Gasteiger partial charge in [0.25, 0.3) is 0 Å². The van der Waals surface area contributed by atoms with Gasteiger partial charge < -0.3 is 19.5 Å². The molecule has 2 fully saturated rings. The van der Waals surface area contributed by atoms with Crippen LogP contribution in [0.25, 0.3) is 27.6 Å². The van der Waals surface area contributed by atoms with E-state index in [0.29, 0.717) is 16.4 Å². The van der Waals surface area contributed by atoms with Crippen LogP contribution in [0.2, 0.25) is 0 Å². The second-order valence-electron chi connectivity index (χ2n) is 13.0. The number of likely N-dealkylation sites (N-methyl/N-ethyl adjacent to an activating group) is 1. The van der Waals surface area contributed by atoms with Gasteiger partial charge in [-0.2, -0.15) is 0 Å². The van der Waals surface area contributed by atoms with Gasteiger partial charge in [0, 0.05) is 31.4 Å². The highest BCUT2D eigenvalue weighted by atomic mass is 32.1. The smallest absolute Gasteiger partial charge is 0.345 e. The number of aromatic carboxylic acids is 1. The number of carbonyl (C=O) groups is 2. The van der Waals surface area contributed by atoms with E-state index in [2.05, 4.69) is 39.8 Å². The summed E-state index contributed by atoms with van der Waals surface area (Å²) in [4.78, 5) is 30.3. The van der Waals surface area contributed by atoms with Gasteiger partial charge >= 0.3 is 5.97 Å². The van der Waals surface area contributed by atoms with Crippen molar-refractivity contribution in [3.63, 3.8) is 0 Å². The number of fused-ring (bicyclic) bond motifs is 2. The Morgan fingerprint density at radius 3 is 2.49 bits per heavy atom. The Hall–Kier alpha value is -3.91. The van der Waals surface area contributed by atoms with E-state index in [0.717, 1.165) is 96.3 Å². The number of likely N-dealkylation sites (tertiary alicyclic amines) is 1.